The molecule has 1 aliphatic rings. The van der Waals surface area contributed by atoms with Crippen LogP contribution in [-0.4, -0.2) is 18.2 Å². The van der Waals surface area contributed by atoms with E-state index in [4.69, 9.17) is 9.47 Å². The molecule has 0 radical (unpaired) electrons. The molecule has 1 aromatic carbocycles. The third kappa shape index (κ3) is 1.63. The van der Waals surface area contributed by atoms with E-state index in [1.165, 1.54) is 6.07 Å². The molecule has 1 aliphatic heterocycles. The van der Waals surface area contributed by atoms with E-state index in [0.717, 1.165) is 0 Å². The summed E-state index contributed by atoms with van der Waals surface area (Å²) in [5.41, 5.74) is -1.58. The molecule has 2 atom stereocenters. The molecule has 0 saturated carbocycles. The van der Waals surface area contributed by atoms with Crippen LogP contribution in [0.5, 0.6) is 0 Å². The number of rotatable bonds is 4. The average molecular weight is 252 g/mol. The lowest BCUT2D eigenvalue weighted by molar-refractivity contribution is -0.149. The molecule has 0 aliphatic carbocycles. The van der Waals surface area contributed by atoms with E-state index in [1.54, 1.807) is 32.0 Å². The van der Waals surface area contributed by atoms with Gasteiger partial charge in [0.1, 0.15) is 11.4 Å². The molecule has 98 valence electrons. The third-order valence-corrected chi connectivity index (χ3v) is 3.60. The second-order valence-corrected chi connectivity index (χ2v) is 4.52. The Labute approximate surface area is 106 Å². The molecule has 3 nitrogen and oxygen atoms in total. The largest absolute Gasteiger partial charge is 0.464 e. The summed E-state index contributed by atoms with van der Waals surface area (Å²) in [6.07, 6.45) is 0.455. The van der Waals surface area contributed by atoms with Crippen molar-refractivity contribution in [2.75, 3.05) is 6.61 Å². The topological polar surface area (TPSA) is 38.8 Å². The van der Waals surface area contributed by atoms with E-state index in [-0.39, 0.29) is 12.4 Å². The number of epoxide rings is 1. The Morgan fingerprint density at radius 3 is 2.61 bits per heavy atom. The lowest BCUT2D eigenvalue weighted by atomic mass is 9.85. The van der Waals surface area contributed by atoms with Crippen molar-refractivity contribution in [3.8, 4) is 0 Å². The lowest BCUT2D eigenvalue weighted by Gasteiger charge is -2.15. The SMILES string of the molecule is CCOC(=O)C1(CC)OC1(C)c1ccccc1F. The summed E-state index contributed by atoms with van der Waals surface area (Å²) in [6, 6.07) is 6.36. The zero-order chi connectivity index (χ0) is 13.4. The van der Waals surface area contributed by atoms with E-state index < -0.39 is 17.2 Å². The zero-order valence-corrected chi connectivity index (χ0v) is 10.8. The predicted octanol–water partition coefficient (Wildman–Crippen LogP) is 2.78. The van der Waals surface area contributed by atoms with E-state index in [0.29, 0.717) is 12.0 Å². The molecule has 0 bridgehead atoms. The van der Waals surface area contributed by atoms with Crippen molar-refractivity contribution in [3.05, 3.63) is 35.6 Å². The van der Waals surface area contributed by atoms with Gasteiger partial charge in [-0.25, -0.2) is 9.18 Å². The fourth-order valence-corrected chi connectivity index (χ4v) is 2.48. The van der Waals surface area contributed by atoms with Crippen LogP contribution in [0.1, 0.15) is 32.8 Å². The second-order valence-electron chi connectivity index (χ2n) is 4.52. The number of carbonyl (C=O) groups excluding carboxylic acids is 1. The van der Waals surface area contributed by atoms with E-state index in [9.17, 15) is 9.18 Å². The number of ether oxygens (including phenoxy) is 2. The molecule has 2 rings (SSSR count). The highest BCUT2D eigenvalue weighted by molar-refractivity contribution is 5.85. The van der Waals surface area contributed by atoms with Crippen LogP contribution in [0.2, 0.25) is 0 Å². The van der Waals surface area contributed by atoms with Gasteiger partial charge in [0.15, 0.2) is 5.60 Å². The van der Waals surface area contributed by atoms with Crippen molar-refractivity contribution in [2.24, 2.45) is 0 Å². The fourth-order valence-electron chi connectivity index (χ4n) is 2.48. The first kappa shape index (κ1) is 13.0. The molecule has 18 heavy (non-hydrogen) atoms. The first-order valence-electron chi connectivity index (χ1n) is 6.14. The lowest BCUT2D eigenvalue weighted by Crippen LogP contribution is -2.33. The molecule has 0 aromatic heterocycles. The van der Waals surface area contributed by atoms with Gasteiger partial charge in [0.2, 0.25) is 0 Å². The van der Waals surface area contributed by atoms with Gasteiger partial charge in [-0.2, -0.15) is 0 Å². The maximum Gasteiger partial charge on any atom is 0.341 e. The number of esters is 1. The number of hydrogen-bond acceptors (Lipinski definition) is 3. The van der Waals surface area contributed by atoms with E-state index in [2.05, 4.69) is 0 Å². The molecular formula is C14H17FO3. The Morgan fingerprint density at radius 1 is 1.39 bits per heavy atom. The van der Waals surface area contributed by atoms with Crippen molar-refractivity contribution in [1.82, 2.24) is 0 Å². The monoisotopic (exact) mass is 252 g/mol. The van der Waals surface area contributed by atoms with Crippen molar-refractivity contribution >= 4 is 5.97 Å². The fraction of sp³-hybridized carbons (Fsp3) is 0.500. The maximum atomic E-state index is 13.8. The van der Waals surface area contributed by atoms with Gasteiger partial charge in [0.05, 0.1) is 6.61 Å². The van der Waals surface area contributed by atoms with Crippen LogP contribution >= 0.6 is 0 Å². The highest BCUT2D eigenvalue weighted by Crippen LogP contribution is 2.58. The Hall–Kier alpha value is -1.42. The maximum absolute atomic E-state index is 13.8. The number of halogens is 1. The van der Waals surface area contributed by atoms with Gasteiger partial charge < -0.3 is 9.47 Å². The van der Waals surface area contributed by atoms with E-state index >= 15 is 0 Å². The van der Waals surface area contributed by atoms with Crippen LogP contribution in [0.4, 0.5) is 4.39 Å². The summed E-state index contributed by atoms with van der Waals surface area (Å²) in [4.78, 5) is 12.0. The van der Waals surface area contributed by atoms with Crippen molar-refractivity contribution in [1.29, 1.82) is 0 Å². The van der Waals surface area contributed by atoms with Gasteiger partial charge in [-0.15, -0.1) is 0 Å². The molecule has 0 spiro atoms. The summed E-state index contributed by atoms with van der Waals surface area (Å²) in [6.45, 7) is 5.59. The molecule has 4 heteroatoms. The first-order valence-corrected chi connectivity index (χ1v) is 6.14. The molecule has 0 amide bonds. The minimum atomic E-state index is -1.05. The predicted molar refractivity (Wildman–Crippen MR) is 64.5 cm³/mol. The molecule has 2 unspecified atom stereocenters. The summed E-state index contributed by atoms with van der Waals surface area (Å²) in [5.74, 6) is -0.780. The van der Waals surface area contributed by atoms with Gasteiger partial charge in [-0.3, -0.25) is 0 Å². The highest BCUT2D eigenvalue weighted by Gasteiger charge is 2.73. The Bertz CT molecular complexity index is 474. The van der Waals surface area contributed by atoms with Crippen LogP contribution in [0.15, 0.2) is 24.3 Å². The molecule has 0 N–H and O–H groups in total. The highest BCUT2D eigenvalue weighted by atomic mass is 19.1. The second kappa shape index (κ2) is 4.35. The van der Waals surface area contributed by atoms with Crippen LogP contribution in [-0.2, 0) is 19.9 Å². The molecule has 1 heterocycles. The van der Waals surface area contributed by atoms with Crippen LogP contribution in [0.3, 0.4) is 0 Å². The van der Waals surface area contributed by atoms with Gasteiger partial charge in [0, 0.05) is 5.56 Å². The number of hydrogen-bond donors (Lipinski definition) is 0. The number of carbonyl (C=O) groups is 1. The summed E-state index contributed by atoms with van der Waals surface area (Å²) in [5, 5.41) is 0. The van der Waals surface area contributed by atoms with Gasteiger partial charge in [-0.05, 0) is 26.3 Å². The van der Waals surface area contributed by atoms with Gasteiger partial charge in [0.25, 0.3) is 0 Å². The normalized spacial score (nSPS) is 30.0. The molecule has 1 saturated heterocycles. The van der Waals surface area contributed by atoms with Gasteiger partial charge >= 0.3 is 5.97 Å². The van der Waals surface area contributed by atoms with E-state index in [1.807, 2.05) is 6.92 Å². The molecule has 1 aromatic rings. The quantitative estimate of drug-likeness (QED) is 0.611. The first-order chi connectivity index (χ1) is 8.52. The van der Waals surface area contributed by atoms with Gasteiger partial charge in [-0.1, -0.05) is 25.1 Å². The summed E-state index contributed by atoms with van der Waals surface area (Å²) >= 11 is 0. The zero-order valence-electron chi connectivity index (χ0n) is 10.8. The number of benzene rings is 1. The minimum Gasteiger partial charge on any atom is -0.464 e. The van der Waals surface area contributed by atoms with Crippen LogP contribution in [0, 0.1) is 5.82 Å². The minimum absolute atomic E-state index is 0.289. The Balaban J connectivity index is 2.36. The smallest absolute Gasteiger partial charge is 0.341 e. The van der Waals surface area contributed by atoms with Crippen molar-refractivity contribution in [3.63, 3.8) is 0 Å². The Kier molecular flexibility index (Phi) is 3.15. The third-order valence-electron chi connectivity index (χ3n) is 3.60. The van der Waals surface area contributed by atoms with Crippen molar-refractivity contribution < 1.29 is 18.7 Å². The van der Waals surface area contributed by atoms with Crippen molar-refractivity contribution in [2.45, 2.75) is 38.4 Å². The summed E-state index contributed by atoms with van der Waals surface area (Å²) < 4.78 is 24.5. The molecule has 1 fully saturated rings. The average Bonchev–Trinajstić information content (AvgIpc) is 2.98. The summed E-state index contributed by atoms with van der Waals surface area (Å²) in [7, 11) is 0. The van der Waals surface area contributed by atoms with Crippen LogP contribution in [0.25, 0.3) is 0 Å². The standard InChI is InChI=1S/C14H17FO3/c1-4-14(12(16)17-5-2)13(3,18-14)10-8-6-7-9-11(10)15/h6-9H,4-5H2,1-3H3. The Morgan fingerprint density at radius 2 is 2.06 bits per heavy atom. The molecular weight excluding hydrogens is 235 g/mol. The van der Waals surface area contributed by atoms with Crippen LogP contribution < -0.4 is 0 Å².